The zero-order valence-electron chi connectivity index (χ0n) is 15.4. The van der Waals surface area contributed by atoms with Crippen molar-refractivity contribution in [3.63, 3.8) is 0 Å². The molecule has 134 valence electrons. The molecule has 1 N–H and O–H groups in total. The van der Waals surface area contributed by atoms with Crippen molar-refractivity contribution >= 4 is 0 Å². The van der Waals surface area contributed by atoms with Crippen molar-refractivity contribution in [1.29, 1.82) is 0 Å². The maximum absolute atomic E-state index is 11.6. The molecular weight excluding hydrogens is 318 g/mol. The summed E-state index contributed by atoms with van der Waals surface area (Å²) in [7, 11) is 2.12. The van der Waals surface area contributed by atoms with Gasteiger partial charge in [-0.3, -0.25) is 0 Å². The van der Waals surface area contributed by atoms with Gasteiger partial charge >= 0.3 is 0 Å². The van der Waals surface area contributed by atoms with E-state index >= 15 is 0 Å². The zero-order chi connectivity index (χ0) is 18.2. The Labute approximate surface area is 156 Å². The van der Waals surface area contributed by atoms with Crippen LogP contribution in [0.25, 0.3) is 0 Å². The van der Waals surface area contributed by atoms with Crippen molar-refractivity contribution in [2.24, 2.45) is 0 Å². The Hall–Kier alpha value is -2.42. The molecule has 2 nitrogen and oxygen atoms in total. The number of nitrogens with zero attached hydrogens (tertiary/aromatic N) is 1. The Kier molecular flexibility index (Phi) is 6.21. The summed E-state index contributed by atoms with van der Waals surface area (Å²) in [6.07, 6.45) is 1.68. The highest BCUT2D eigenvalue weighted by molar-refractivity contribution is 5.35. The molecule has 3 aromatic carbocycles. The van der Waals surface area contributed by atoms with Crippen LogP contribution in [0.2, 0.25) is 0 Å². The SMILES string of the molecule is CN(CCc1ccccc1)CCC(O)(c1ccccc1)c1ccccc1. The van der Waals surface area contributed by atoms with Crippen molar-refractivity contribution in [2.75, 3.05) is 20.1 Å². The quantitative estimate of drug-likeness (QED) is 0.650. The summed E-state index contributed by atoms with van der Waals surface area (Å²) >= 11 is 0. The third-order valence-corrected chi connectivity index (χ3v) is 4.98. The van der Waals surface area contributed by atoms with Crippen LogP contribution in [0.3, 0.4) is 0 Å². The molecule has 0 saturated carbocycles. The molecule has 0 aromatic heterocycles. The van der Waals surface area contributed by atoms with E-state index in [4.69, 9.17) is 0 Å². The number of hydrogen-bond donors (Lipinski definition) is 1. The molecule has 26 heavy (non-hydrogen) atoms. The molecule has 0 spiro atoms. The minimum atomic E-state index is -0.969. The molecule has 0 aliphatic carbocycles. The predicted octanol–water partition coefficient (Wildman–Crippen LogP) is 4.49. The van der Waals surface area contributed by atoms with Crippen LogP contribution in [0.5, 0.6) is 0 Å². The summed E-state index contributed by atoms with van der Waals surface area (Å²) in [5.41, 5.74) is 2.27. The number of rotatable bonds is 8. The fraction of sp³-hybridized carbons (Fsp3) is 0.250. The molecule has 0 aliphatic heterocycles. The molecule has 0 radical (unpaired) electrons. The average molecular weight is 345 g/mol. The molecule has 0 unspecified atom stereocenters. The molecule has 0 bridgehead atoms. The fourth-order valence-corrected chi connectivity index (χ4v) is 3.31. The molecule has 0 fully saturated rings. The lowest BCUT2D eigenvalue weighted by atomic mass is 9.83. The van der Waals surface area contributed by atoms with Crippen LogP contribution in [-0.2, 0) is 12.0 Å². The van der Waals surface area contributed by atoms with Gasteiger partial charge in [0.15, 0.2) is 0 Å². The first-order valence-electron chi connectivity index (χ1n) is 9.24. The maximum atomic E-state index is 11.6. The molecule has 0 aliphatic rings. The lowest BCUT2D eigenvalue weighted by molar-refractivity contribution is 0.0605. The van der Waals surface area contributed by atoms with Crippen LogP contribution in [0, 0.1) is 0 Å². The fourth-order valence-electron chi connectivity index (χ4n) is 3.31. The minimum Gasteiger partial charge on any atom is -0.380 e. The molecule has 3 aromatic rings. The summed E-state index contributed by atoms with van der Waals surface area (Å²) in [6, 6.07) is 30.5. The Morgan fingerprint density at radius 1 is 0.692 bits per heavy atom. The summed E-state index contributed by atoms with van der Waals surface area (Å²) in [5.74, 6) is 0. The molecule has 0 amide bonds. The minimum absolute atomic E-state index is 0.659. The van der Waals surface area contributed by atoms with Crippen molar-refractivity contribution in [3.8, 4) is 0 Å². The summed E-state index contributed by atoms with van der Waals surface area (Å²) in [4.78, 5) is 2.30. The lowest BCUT2D eigenvalue weighted by Gasteiger charge is -2.31. The molecule has 0 heterocycles. The van der Waals surface area contributed by atoms with Crippen LogP contribution in [0.15, 0.2) is 91.0 Å². The topological polar surface area (TPSA) is 23.5 Å². The van der Waals surface area contributed by atoms with Gasteiger partial charge in [-0.2, -0.15) is 0 Å². The van der Waals surface area contributed by atoms with Crippen LogP contribution in [0.4, 0.5) is 0 Å². The van der Waals surface area contributed by atoms with Crippen LogP contribution < -0.4 is 0 Å². The van der Waals surface area contributed by atoms with E-state index < -0.39 is 5.60 Å². The van der Waals surface area contributed by atoms with Gasteiger partial charge in [0.1, 0.15) is 5.60 Å². The highest BCUT2D eigenvalue weighted by Crippen LogP contribution is 2.33. The van der Waals surface area contributed by atoms with Crippen molar-refractivity contribution in [3.05, 3.63) is 108 Å². The number of benzene rings is 3. The van der Waals surface area contributed by atoms with Gasteiger partial charge < -0.3 is 10.0 Å². The van der Waals surface area contributed by atoms with Gasteiger partial charge in [0.05, 0.1) is 0 Å². The summed E-state index contributed by atoms with van der Waals surface area (Å²) in [5, 5.41) is 11.6. The number of likely N-dealkylation sites (N-methyl/N-ethyl adjacent to an activating group) is 1. The van der Waals surface area contributed by atoms with E-state index in [-0.39, 0.29) is 0 Å². The smallest absolute Gasteiger partial charge is 0.116 e. The first kappa shape index (κ1) is 18.4. The number of hydrogen-bond acceptors (Lipinski definition) is 2. The Morgan fingerprint density at radius 3 is 1.65 bits per heavy atom. The van der Waals surface area contributed by atoms with Crippen LogP contribution in [0.1, 0.15) is 23.1 Å². The van der Waals surface area contributed by atoms with Crippen molar-refractivity contribution in [1.82, 2.24) is 4.90 Å². The van der Waals surface area contributed by atoms with Crippen molar-refractivity contribution in [2.45, 2.75) is 18.4 Å². The van der Waals surface area contributed by atoms with Gasteiger partial charge in [-0.05, 0) is 36.6 Å². The van der Waals surface area contributed by atoms with E-state index in [2.05, 4.69) is 36.2 Å². The molecule has 3 rings (SSSR count). The number of aliphatic hydroxyl groups is 1. The predicted molar refractivity (Wildman–Crippen MR) is 108 cm³/mol. The van der Waals surface area contributed by atoms with E-state index in [1.165, 1.54) is 5.56 Å². The van der Waals surface area contributed by atoms with Gasteiger partial charge in [0.25, 0.3) is 0 Å². The maximum Gasteiger partial charge on any atom is 0.116 e. The largest absolute Gasteiger partial charge is 0.380 e. The highest BCUT2D eigenvalue weighted by Gasteiger charge is 2.31. The standard InChI is InChI=1S/C24H27NO/c1-25(19-17-21-11-5-2-6-12-21)20-18-24(26,22-13-7-3-8-14-22)23-15-9-4-10-16-23/h2-16,26H,17-20H2,1H3. The van der Waals surface area contributed by atoms with E-state index in [1.807, 2.05) is 66.7 Å². The normalized spacial score (nSPS) is 11.7. The molecule has 0 saturated heterocycles. The second kappa shape index (κ2) is 8.79. The highest BCUT2D eigenvalue weighted by atomic mass is 16.3. The second-order valence-electron chi connectivity index (χ2n) is 6.88. The van der Waals surface area contributed by atoms with Gasteiger partial charge in [-0.25, -0.2) is 0 Å². The Bertz CT molecular complexity index is 732. The van der Waals surface area contributed by atoms with E-state index in [9.17, 15) is 5.11 Å². The van der Waals surface area contributed by atoms with Crippen LogP contribution in [-0.4, -0.2) is 30.1 Å². The van der Waals surface area contributed by atoms with Gasteiger partial charge in [0, 0.05) is 13.1 Å². The van der Waals surface area contributed by atoms with Gasteiger partial charge in [-0.1, -0.05) is 91.0 Å². The monoisotopic (exact) mass is 345 g/mol. The van der Waals surface area contributed by atoms with E-state index in [1.54, 1.807) is 0 Å². The van der Waals surface area contributed by atoms with Gasteiger partial charge in [-0.15, -0.1) is 0 Å². The zero-order valence-corrected chi connectivity index (χ0v) is 15.4. The third kappa shape index (κ3) is 4.60. The van der Waals surface area contributed by atoms with Crippen LogP contribution >= 0.6 is 0 Å². The summed E-state index contributed by atoms with van der Waals surface area (Å²) in [6.45, 7) is 1.80. The molecular formula is C24H27NO. The average Bonchev–Trinajstić information content (AvgIpc) is 2.72. The Balaban J connectivity index is 1.69. The Morgan fingerprint density at radius 2 is 1.15 bits per heavy atom. The second-order valence-corrected chi connectivity index (χ2v) is 6.88. The van der Waals surface area contributed by atoms with E-state index in [0.717, 1.165) is 30.6 Å². The first-order chi connectivity index (χ1) is 12.7. The molecule has 2 heteroatoms. The first-order valence-corrected chi connectivity index (χ1v) is 9.24. The lowest BCUT2D eigenvalue weighted by Crippen LogP contribution is -2.33. The van der Waals surface area contributed by atoms with Gasteiger partial charge in [0.2, 0.25) is 0 Å². The third-order valence-electron chi connectivity index (χ3n) is 4.98. The van der Waals surface area contributed by atoms with E-state index in [0.29, 0.717) is 6.42 Å². The summed E-state index contributed by atoms with van der Waals surface area (Å²) < 4.78 is 0. The van der Waals surface area contributed by atoms with Crippen molar-refractivity contribution < 1.29 is 5.11 Å². The molecule has 0 atom stereocenters.